The quantitative estimate of drug-likeness (QED) is 0.839. The van der Waals surface area contributed by atoms with Crippen LogP contribution in [-0.4, -0.2) is 43.5 Å². The van der Waals surface area contributed by atoms with Crippen LogP contribution in [0.15, 0.2) is 0 Å². The first kappa shape index (κ1) is 17.9. The van der Waals surface area contributed by atoms with Gasteiger partial charge in [0.05, 0.1) is 18.2 Å². The molecule has 1 heterocycles. The minimum absolute atomic E-state index is 0.104. The number of rotatable bonds is 5. The summed E-state index contributed by atoms with van der Waals surface area (Å²) in [6, 6.07) is -0.261. The summed E-state index contributed by atoms with van der Waals surface area (Å²) in [6.45, 7) is 6.19. The molecular weight excluding hydrogens is 312 g/mol. The van der Waals surface area contributed by atoms with Gasteiger partial charge in [0.15, 0.2) is 0 Å². The lowest BCUT2D eigenvalue weighted by atomic mass is 9.88. The Kier molecular flexibility index (Phi) is 5.81. The van der Waals surface area contributed by atoms with Gasteiger partial charge in [-0.1, -0.05) is 6.92 Å². The third kappa shape index (κ3) is 3.93. The van der Waals surface area contributed by atoms with Crippen LogP contribution < -0.4 is 5.32 Å². The number of ether oxygens (including phenoxy) is 1. The van der Waals surface area contributed by atoms with E-state index in [4.69, 9.17) is 4.74 Å². The molecule has 1 aromatic heterocycles. The molecule has 1 N–H and O–H groups in total. The normalized spacial score (nSPS) is 18.4. The highest BCUT2D eigenvalue weighted by atomic mass is 32.1. The van der Waals surface area contributed by atoms with Gasteiger partial charge in [-0.05, 0) is 58.7 Å². The fraction of sp³-hybridized carbons (Fsp3) is 0.647. The van der Waals surface area contributed by atoms with Gasteiger partial charge in [0.2, 0.25) is 5.91 Å². The van der Waals surface area contributed by atoms with Crippen molar-refractivity contribution in [2.75, 3.05) is 26.0 Å². The SMILES string of the molecule is CCOC(=O)c1c(NC(=O)C(C)N(C)C)sc2c1CCC(C)C2. The van der Waals surface area contributed by atoms with Gasteiger partial charge in [0.25, 0.3) is 0 Å². The van der Waals surface area contributed by atoms with Crippen molar-refractivity contribution in [2.24, 2.45) is 5.92 Å². The molecule has 2 rings (SSSR count). The maximum Gasteiger partial charge on any atom is 0.341 e. The van der Waals surface area contributed by atoms with Gasteiger partial charge in [-0.15, -0.1) is 11.3 Å². The zero-order valence-electron chi connectivity index (χ0n) is 14.6. The van der Waals surface area contributed by atoms with Crippen molar-refractivity contribution in [3.63, 3.8) is 0 Å². The highest BCUT2D eigenvalue weighted by Gasteiger charge is 2.29. The Balaban J connectivity index is 2.34. The zero-order valence-corrected chi connectivity index (χ0v) is 15.4. The van der Waals surface area contributed by atoms with E-state index >= 15 is 0 Å². The standard InChI is InChI=1S/C17H26N2O3S/c1-6-22-17(21)14-12-8-7-10(2)9-13(12)23-16(14)18-15(20)11(3)19(4)5/h10-11H,6-9H2,1-5H3,(H,18,20). The lowest BCUT2D eigenvalue weighted by Gasteiger charge is -2.19. The number of anilines is 1. The number of esters is 1. The third-order valence-electron chi connectivity index (χ3n) is 4.38. The highest BCUT2D eigenvalue weighted by Crippen LogP contribution is 2.40. The number of thiophene rings is 1. The highest BCUT2D eigenvalue weighted by molar-refractivity contribution is 7.17. The number of hydrogen-bond donors (Lipinski definition) is 1. The largest absolute Gasteiger partial charge is 0.462 e. The molecular formula is C17H26N2O3S. The summed E-state index contributed by atoms with van der Waals surface area (Å²) in [5, 5.41) is 3.58. The molecule has 1 aliphatic carbocycles. The van der Waals surface area contributed by atoms with Crippen LogP contribution in [0.5, 0.6) is 0 Å². The second kappa shape index (κ2) is 7.45. The predicted molar refractivity (Wildman–Crippen MR) is 93.2 cm³/mol. The maximum atomic E-state index is 12.4. The van der Waals surface area contributed by atoms with Crippen LogP contribution >= 0.6 is 11.3 Å². The van der Waals surface area contributed by atoms with Crippen molar-refractivity contribution < 1.29 is 14.3 Å². The Hall–Kier alpha value is -1.40. The molecule has 0 radical (unpaired) electrons. The molecule has 0 spiro atoms. The number of carbonyl (C=O) groups excluding carboxylic acids is 2. The summed E-state index contributed by atoms with van der Waals surface area (Å²) < 4.78 is 5.22. The number of nitrogens with zero attached hydrogens (tertiary/aromatic N) is 1. The van der Waals surface area contributed by atoms with E-state index in [0.29, 0.717) is 23.1 Å². The number of nitrogens with one attached hydrogen (secondary N) is 1. The minimum Gasteiger partial charge on any atom is -0.462 e. The predicted octanol–water partition coefficient (Wildman–Crippen LogP) is 2.94. The molecule has 5 nitrogen and oxygen atoms in total. The Morgan fingerprint density at radius 2 is 2.13 bits per heavy atom. The summed E-state index contributed by atoms with van der Waals surface area (Å²) in [7, 11) is 3.72. The molecule has 1 amide bonds. The third-order valence-corrected chi connectivity index (χ3v) is 5.55. The Morgan fingerprint density at radius 1 is 1.43 bits per heavy atom. The van der Waals surface area contributed by atoms with Gasteiger partial charge < -0.3 is 10.1 Å². The van der Waals surface area contributed by atoms with E-state index in [9.17, 15) is 9.59 Å². The molecule has 6 heteroatoms. The first-order valence-corrected chi connectivity index (χ1v) is 8.95. The van der Waals surface area contributed by atoms with Crippen molar-refractivity contribution in [1.29, 1.82) is 0 Å². The van der Waals surface area contributed by atoms with Crippen LogP contribution in [0.2, 0.25) is 0 Å². The van der Waals surface area contributed by atoms with Gasteiger partial charge in [-0.3, -0.25) is 9.69 Å². The van der Waals surface area contributed by atoms with Gasteiger partial charge in [-0.2, -0.15) is 0 Å². The first-order valence-electron chi connectivity index (χ1n) is 8.14. The number of likely N-dealkylation sites (N-methyl/N-ethyl adjacent to an activating group) is 1. The Bertz CT molecular complexity index is 595. The van der Waals surface area contributed by atoms with E-state index in [2.05, 4.69) is 12.2 Å². The Morgan fingerprint density at radius 3 is 2.74 bits per heavy atom. The molecule has 0 aliphatic heterocycles. The molecule has 2 atom stereocenters. The molecule has 0 saturated carbocycles. The lowest BCUT2D eigenvalue weighted by Crippen LogP contribution is -2.37. The summed E-state index contributed by atoms with van der Waals surface area (Å²) in [6.07, 6.45) is 2.91. The van der Waals surface area contributed by atoms with Gasteiger partial charge >= 0.3 is 5.97 Å². The minimum atomic E-state index is -0.327. The van der Waals surface area contributed by atoms with Crippen molar-refractivity contribution in [3.8, 4) is 0 Å². The monoisotopic (exact) mass is 338 g/mol. The maximum absolute atomic E-state index is 12.4. The van der Waals surface area contributed by atoms with Crippen LogP contribution in [0, 0.1) is 5.92 Å². The van der Waals surface area contributed by atoms with Crippen LogP contribution in [0.4, 0.5) is 5.00 Å². The van der Waals surface area contributed by atoms with Crippen LogP contribution in [0.25, 0.3) is 0 Å². The number of carbonyl (C=O) groups is 2. The number of fused-ring (bicyclic) bond motifs is 1. The molecule has 1 aromatic rings. The van der Waals surface area contributed by atoms with E-state index in [1.807, 2.05) is 25.9 Å². The van der Waals surface area contributed by atoms with E-state index < -0.39 is 0 Å². The smallest absolute Gasteiger partial charge is 0.341 e. The summed E-state index contributed by atoms with van der Waals surface area (Å²) >= 11 is 1.53. The van der Waals surface area contributed by atoms with Gasteiger partial charge in [-0.25, -0.2) is 4.79 Å². The second-order valence-electron chi connectivity index (χ2n) is 6.41. The summed E-state index contributed by atoms with van der Waals surface area (Å²) in [4.78, 5) is 27.8. The van der Waals surface area contributed by atoms with Crippen molar-refractivity contribution >= 4 is 28.2 Å². The van der Waals surface area contributed by atoms with Gasteiger partial charge in [0, 0.05) is 4.88 Å². The fourth-order valence-corrected chi connectivity index (χ4v) is 4.11. The zero-order chi connectivity index (χ0) is 17.1. The fourth-order valence-electron chi connectivity index (χ4n) is 2.71. The molecule has 128 valence electrons. The molecule has 0 bridgehead atoms. The average molecular weight is 338 g/mol. The van der Waals surface area contributed by atoms with Crippen molar-refractivity contribution in [1.82, 2.24) is 4.90 Å². The van der Waals surface area contributed by atoms with E-state index in [1.54, 1.807) is 6.92 Å². The first-order chi connectivity index (χ1) is 10.8. The molecule has 23 heavy (non-hydrogen) atoms. The second-order valence-corrected chi connectivity index (χ2v) is 7.51. The van der Waals surface area contributed by atoms with Crippen LogP contribution in [0.3, 0.4) is 0 Å². The van der Waals surface area contributed by atoms with E-state index in [0.717, 1.165) is 24.8 Å². The lowest BCUT2D eigenvalue weighted by molar-refractivity contribution is -0.119. The van der Waals surface area contributed by atoms with E-state index in [-0.39, 0.29) is 17.9 Å². The van der Waals surface area contributed by atoms with Gasteiger partial charge in [0.1, 0.15) is 5.00 Å². The van der Waals surface area contributed by atoms with Crippen molar-refractivity contribution in [2.45, 2.75) is 46.1 Å². The molecule has 2 unspecified atom stereocenters. The molecule has 1 aliphatic rings. The molecule has 0 aromatic carbocycles. The summed E-state index contributed by atoms with van der Waals surface area (Å²) in [5.74, 6) is 0.181. The molecule has 0 fully saturated rings. The van der Waals surface area contributed by atoms with E-state index in [1.165, 1.54) is 16.2 Å². The van der Waals surface area contributed by atoms with Crippen LogP contribution in [-0.2, 0) is 22.4 Å². The number of amides is 1. The Labute approximate surface area is 142 Å². The number of hydrogen-bond acceptors (Lipinski definition) is 5. The average Bonchev–Trinajstić information content (AvgIpc) is 2.83. The van der Waals surface area contributed by atoms with Crippen molar-refractivity contribution in [3.05, 3.63) is 16.0 Å². The molecule has 0 saturated heterocycles. The topological polar surface area (TPSA) is 58.6 Å². The van der Waals surface area contributed by atoms with Crippen LogP contribution in [0.1, 0.15) is 48.0 Å². The summed E-state index contributed by atoms with van der Waals surface area (Å²) in [5.41, 5.74) is 1.64.